The number of amides is 1. The molecule has 4 rings (SSSR count). The third kappa shape index (κ3) is 2.61. The van der Waals surface area contributed by atoms with Crippen molar-refractivity contribution in [3.63, 3.8) is 0 Å². The highest BCUT2D eigenvalue weighted by Gasteiger charge is 2.30. The van der Waals surface area contributed by atoms with Crippen molar-refractivity contribution >= 4 is 38.6 Å². The number of benzene rings is 1. The number of carbonyl (C=O) groups excluding carboxylic acids is 1. The van der Waals surface area contributed by atoms with Crippen molar-refractivity contribution in [1.82, 2.24) is 0 Å². The molecule has 5 nitrogen and oxygen atoms in total. The van der Waals surface area contributed by atoms with Gasteiger partial charge < -0.3 is 4.90 Å². The van der Waals surface area contributed by atoms with Crippen LogP contribution in [0.4, 0.5) is 11.4 Å². The van der Waals surface area contributed by atoms with E-state index in [2.05, 4.69) is 4.72 Å². The van der Waals surface area contributed by atoms with Crippen LogP contribution in [0.15, 0.2) is 28.5 Å². The van der Waals surface area contributed by atoms with E-state index >= 15 is 0 Å². The molecule has 3 heterocycles. The van der Waals surface area contributed by atoms with Gasteiger partial charge in [-0.05, 0) is 61.6 Å². The summed E-state index contributed by atoms with van der Waals surface area (Å²) >= 11 is 1.26. The second kappa shape index (κ2) is 5.60. The molecule has 0 radical (unpaired) electrons. The average Bonchev–Trinajstić information content (AvgIpc) is 2.98. The van der Waals surface area contributed by atoms with Crippen molar-refractivity contribution in [2.24, 2.45) is 0 Å². The molecule has 1 N–H and O–H groups in total. The molecule has 0 aliphatic carbocycles. The molecule has 2 aliphatic rings. The topological polar surface area (TPSA) is 66.5 Å². The molecule has 1 amide bonds. The summed E-state index contributed by atoms with van der Waals surface area (Å²) in [6, 6.07) is 7.19. The Kier molecular flexibility index (Phi) is 3.65. The van der Waals surface area contributed by atoms with Crippen molar-refractivity contribution in [3.8, 4) is 0 Å². The lowest BCUT2D eigenvalue weighted by atomic mass is 9.91. The Bertz CT molecular complexity index is 914. The van der Waals surface area contributed by atoms with E-state index in [1.807, 2.05) is 24.0 Å². The number of sulfonamides is 1. The lowest BCUT2D eigenvalue weighted by molar-refractivity contribution is -0.119. The summed E-state index contributed by atoms with van der Waals surface area (Å²) in [4.78, 5) is 14.9. The molecule has 24 heavy (non-hydrogen) atoms. The van der Waals surface area contributed by atoms with Gasteiger partial charge in [-0.3, -0.25) is 9.52 Å². The third-order valence-electron chi connectivity index (χ3n) is 4.51. The number of hydrogen-bond donors (Lipinski definition) is 1. The van der Waals surface area contributed by atoms with Crippen LogP contribution in [-0.2, 0) is 27.7 Å². The second-order valence-electron chi connectivity index (χ2n) is 6.26. The highest BCUT2D eigenvalue weighted by atomic mass is 32.2. The van der Waals surface area contributed by atoms with Crippen LogP contribution in [0.25, 0.3) is 0 Å². The lowest BCUT2D eigenvalue weighted by Crippen LogP contribution is -2.39. The van der Waals surface area contributed by atoms with Crippen molar-refractivity contribution in [3.05, 3.63) is 40.3 Å². The Morgan fingerprint density at radius 2 is 1.88 bits per heavy atom. The number of anilines is 2. The summed E-state index contributed by atoms with van der Waals surface area (Å²) in [6.07, 6.45) is 2.95. The van der Waals surface area contributed by atoms with E-state index in [-0.39, 0.29) is 5.91 Å². The minimum atomic E-state index is -3.56. The summed E-state index contributed by atoms with van der Waals surface area (Å²) < 4.78 is 28.1. The molecule has 126 valence electrons. The fourth-order valence-corrected chi connectivity index (χ4v) is 5.80. The van der Waals surface area contributed by atoms with Crippen LogP contribution in [0, 0.1) is 6.92 Å². The van der Waals surface area contributed by atoms with Gasteiger partial charge in [-0.15, -0.1) is 11.3 Å². The van der Waals surface area contributed by atoms with Gasteiger partial charge in [0.2, 0.25) is 5.91 Å². The molecule has 0 atom stereocenters. The number of rotatable bonds is 3. The highest BCUT2D eigenvalue weighted by Crippen LogP contribution is 2.38. The molecule has 7 heteroatoms. The number of thiophene rings is 1. The molecule has 1 aromatic carbocycles. The number of aryl methyl sites for hydroxylation is 3. The maximum absolute atomic E-state index is 12.5. The summed E-state index contributed by atoms with van der Waals surface area (Å²) in [5.41, 5.74) is 3.72. The monoisotopic (exact) mass is 362 g/mol. The van der Waals surface area contributed by atoms with Gasteiger partial charge in [0.05, 0.1) is 5.69 Å². The van der Waals surface area contributed by atoms with Crippen LogP contribution in [0.5, 0.6) is 0 Å². The van der Waals surface area contributed by atoms with Crippen LogP contribution >= 0.6 is 11.3 Å². The highest BCUT2D eigenvalue weighted by molar-refractivity contribution is 7.94. The van der Waals surface area contributed by atoms with Gasteiger partial charge in [0, 0.05) is 23.5 Å². The molecular formula is C17H18N2O3S2. The van der Waals surface area contributed by atoms with E-state index < -0.39 is 10.0 Å². The molecule has 0 saturated carbocycles. The SMILES string of the molecule is Cc1ccc(S(=O)(=O)Nc2cc3c4c(c2)CCC(=O)N4CCC3)s1. The first-order valence-corrected chi connectivity index (χ1v) is 10.3. The number of nitrogens with zero attached hydrogens (tertiary/aromatic N) is 1. The Balaban J connectivity index is 1.72. The zero-order chi connectivity index (χ0) is 16.9. The fourth-order valence-electron chi connectivity index (χ4n) is 3.47. The first-order valence-electron chi connectivity index (χ1n) is 7.99. The predicted octanol–water partition coefficient (Wildman–Crippen LogP) is 3.08. The molecule has 0 saturated heterocycles. The van der Waals surface area contributed by atoms with Gasteiger partial charge in [0.15, 0.2) is 0 Å². The average molecular weight is 362 g/mol. The molecule has 0 unspecified atom stereocenters. The predicted molar refractivity (Wildman–Crippen MR) is 95.3 cm³/mol. The van der Waals surface area contributed by atoms with Gasteiger partial charge in [-0.1, -0.05) is 0 Å². The standard InChI is InChI=1S/C17H18N2O3S2/c1-11-4-7-16(23-11)24(21,22)18-14-9-12-3-2-8-19-15(20)6-5-13(10-14)17(12)19/h4,7,9-10,18H,2-3,5-6,8H2,1H3. The fraction of sp³-hybridized carbons (Fsp3) is 0.353. The van der Waals surface area contributed by atoms with Gasteiger partial charge in [-0.25, -0.2) is 8.42 Å². The molecule has 0 bridgehead atoms. The molecule has 2 aliphatic heterocycles. The maximum atomic E-state index is 12.5. The number of carbonyl (C=O) groups is 1. The molecule has 0 spiro atoms. The van der Waals surface area contributed by atoms with E-state index in [1.54, 1.807) is 12.1 Å². The number of hydrogen-bond acceptors (Lipinski definition) is 4. The first-order chi connectivity index (χ1) is 11.4. The maximum Gasteiger partial charge on any atom is 0.271 e. The summed E-state index contributed by atoms with van der Waals surface area (Å²) in [5.74, 6) is 0.172. The minimum absolute atomic E-state index is 0.172. The van der Waals surface area contributed by atoms with Crippen LogP contribution < -0.4 is 9.62 Å². The quantitative estimate of drug-likeness (QED) is 0.912. The Hall–Kier alpha value is -1.86. The Morgan fingerprint density at radius 3 is 2.58 bits per heavy atom. The van der Waals surface area contributed by atoms with Crippen molar-refractivity contribution < 1.29 is 13.2 Å². The van der Waals surface area contributed by atoms with Crippen LogP contribution in [0.2, 0.25) is 0 Å². The van der Waals surface area contributed by atoms with E-state index in [0.29, 0.717) is 22.7 Å². The molecule has 0 fully saturated rings. The van der Waals surface area contributed by atoms with E-state index in [0.717, 1.165) is 41.1 Å². The zero-order valence-electron chi connectivity index (χ0n) is 13.3. The third-order valence-corrected chi connectivity index (χ3v) is 7.38. The van der Waals surface area contributed by atoms with Gasteiger partial charge in [0.1, 0.15) is 4.21 Å². The summed E-state index contributed by atoms with van der Waals surface area (Å²) in [6.45, 7) is 2.65. The van der Waals surface area contributed by atoms with Gasteiger partial charge in [0.25, 0.3) is 10.0 Å². The Morgan fingerprint density at radius 1 is 1.12 bits per heavy atom. The summed E-state index contributed by atoms with van der Waals surface area (Å²) in [5, 5.41) is 0. The van der Waals surface area contributed by atoms with Crippen molar-refractivity contribution in [1.29, 1.82) is 0 Å². The Labute approximate surface area is 145 Å². The van der Waals surface area contributed by atoms with Crippen LogP contribution in [-0.4, -0.2) is 20.9 Å². The van der Waals surface area contributed by atoms with Crippen LogP contribution in [0.1, 0.15) is 28.8 Å². The van der Waals surface area contributed by atoms with Crippen LogP contribution in [0.3, 0.4) is 0 Å². The molecule has 2 aromatic rings. The minimum Gasteiger partial charge on any atom is -0.312 e. The van der Waals surface area contributed by atoms with Gasteiger partial charge >= 0.3 is 0 Å². The normalized spacial score (nSPS) is 16.9. The molecular weight excluding hydrogens is 344 g/mol. The van der Waals surface area contributed by atoms with Crippen molar-refractivity contribution in [2.45, 2.75) is 36.8 Å². The molecule has 1 aromatic heterocycles. The number of nitrogens with one attached hydrogen (secondary N) is 1. The van der Waals surface area contributed by atoms with E-state index in [1.165, 1.54) is 11.3 Å². The lowest BCUT2D eigenvalue weighted by Gasteiger charge is -2.35. The van der Waals surface area contributed by atoms with E-state index in [9.17, 15) is 13.2 Å². The van der Waals surface area contributed by atoms with Gasteiger partial charge in [-0.2, -0.15) is 0 Å². The first kappa shape index (κ1) is 15.7. The van der Waals surface area contributed by atoms with E-state index in [4.69, 9.17) is 0 Å². The smallest absolute Gasteiger partial charge is 0.271 e. The van der Waals surface area contributed by atoms with Crippen molar-refractivity contribution in [2.75, 3.05) is 16.2 Å². The zero-order valence-corrected chi connectivity index (χ0v) is 15.0. The second-order valence-corrected chi connectivity index (χ2v) is 9.46. The largest absolute Gasteiger partial charge is 0.312 e. The summed E-state index contributed by atoms with van der Waals surface area (Å²) in [7, 11) is -3.56.